The molecule has 1 heteroatoms. The zero-order valence-electron chi connectivity index (χ0n) is 9.51. The van der Waals surface area contributed by atoms with Crippen molar-refractivity contribution in [1.82, 2.24) is 5.32 Å². The molecule has 0 aromatic heterocycles. The Morgan fingerprint density at radius 1 is 1.00 bits per heavy atom. The summed E-state index contributed by atoms with van der Waals surface area (Å²) < 4.78 is 0. The molecule has 0 fully saturated rings. The fourth-order valence-electron chi connectivity index (χ4n) is 2.11. The predicted octanol–water partition coefficient (Wildman–Crippen LogP) is 3.76. The van der Waals surface area contributed by atoms with Crippen molar-refractivity contribution >= 4 is 0 Å². The molecule has 1 N–H and O–H groups in total. The van der Waals surface area contributed by atoms with Crippen LogP contribution < -0.4 is 5.32 Å². The molecule has 1 aliphatic heterocycles. The Balaban J connectivity index is 2.92. The van der Waals surface area contributed by atoms with Gasteiger partial charge in [0, 0.05) is 17.3 Å². The van der Waals surface area contributed by atoms with E-state index in [4.69, 9.17) is 0 Å². The third-order valence-corrected chi connectivity index (χ3v) is 3.42. The largest absolute Gasteiger partial charge is 0.365 e. The average molecular weight is 191 g/mol. The van der Waals surface area contributed by atoms with Gasteiger partial charge in [0.1, 0.15) is 0 Å². The van der Waals surface area contributed by atoms with E-state index >= 15 is 0 Å². The second-order valence-corrected chi connectivity index (χ2v) is 3.81. The van der Waals surface area contributed by atoms with Gasteiger partial charge in [-0.05, 0) is 31.4 Å². The predicted molar refractivity (Wildman–Crippen MR) is 62.8 cm³/mol. The summed E-state index contributed by atoms with van der Waals surface area (Å²) in [5.41, 5.74) is 1.69. The van der Waals surface area contributed by atoms with Crippen molar-refractivity contribution < 1.29 is 0 Å². The van der Waals surface area contributed by atoms with Gasteiger partial charge in [0.05, 0.1) is 0 Å². The number of hydrogen-bond acceptors (Lipinski definition) is 1. The van der Waals surface area contributed by atoms with Crippen molar-refractivity contribution in [2.24, 2.45) is 5.41 Å². The molecule has 78 valence electrons. The molecule has 0 unspecified atom stereocenters. The van der Waals surface area contributed by atoms with Crippen LogP contribution in [0.15, 0.2) is 36.2 Å². The van der Waals surface area contributed by atoms with E-state index in [1.54, 1.807) is 0 Å². The Morgan fingerprint density at radius 2 is 1.64 bits per heavy atom. The Hall–Kier alpha value is -0.980. The highest BCUT2D eigenvalue weighted by Crippen LogP contribution is 2.37. The first-order valence-corrected chi connectivity index (χ1v) is 5.59. The molecule has 14 heavy (non-hydrogen) atoms. The smallest absolute Gasteiger partial charge is 0.0209 e. The molecule has 0 saturated carbocycles. The topological polar surface area (TPSA) is 12.0 Å². The van der Waals surface area contributed by atoms with Gasteiger partial charge in [0.2, 0.25) is 0 Å². The molecule has 0 radical (unpaired) electrons. The second-order valence-electron chi connectivity index (χ2n) is 3.81. The van der Waals surface area contributed by atoms with Gasteiger partial charge in [0.15, 0.2) is 0 Å². The van der Waals surface area contributed by atoms with E-state index in [0.717, 1.165) is 0 Å². The van der Waals surface area contributed by atoms with E-state index in [9.17, 15) is 0 Å². The molecule has 0 aliphatic carbocycles. The van der Waals surface area contributed by atoms with Crippen molar-refractivity contribution in [1.29, 1.82) is 0 Å². The molecule has 0 amide bonds. The normalized spacial score (nSPS) is 16.1. The molecule has 0 aromatic carbocycles. The van der Waals surface area contributed by atoms with Crippen LogP contribution in [0.25, 0.3) is 0 Å². The fraction of sp³-hybridized carbons (Fsp3) is 0.538. The molecule has 1 nitrogen and oxygen atoms in total. The highest BCUT2D eigenvalue weighted by atomic mass is 14.9. The van der Waals surface area contributed by atoms with Crippen LogP contribution in [0, 0.1) is 5.41 Å². The zero-order chi connectivity index (χ0) is 10.4. The average Bonchev–Trinajstić information content (AvgIpc) is 2.51. The maximum atomic E-state index is 3.39. The molecule has 0 atom stereocenters. The molecule has 1 rings (SSSR count). The first-order chi connectivity index (χ1) is 6.79. The van der Waals surface area contributed by atoms with Crippen molar-refractivity contribution in [2.75, 3.05) is 0 Å². The lowest BCUT2D eigenvalue weighted by atomic mass is 9.76. The molecular weight excluding hydrogens is 170 g/mol. The zero-order valence-corrected chi connectivity index (χ0v) is 9.51. The monoisotopic (exact) mass is 191 g/mol. The Kier molecular flexibility index (Phi) is 3.99. The summed E-state index contributed by atoms with van der Waals surface area (Å²) in [6.45, 7) is 6.82. The van der Waals surface area contributed by atoms with Crippen LogP contribution in [0.2, 0.25) is 0 Å². The summed E-state index contributed by atoms with van der Waals surface area (Å²) in [6, 6.07) is 0. The van der Waals surface area contributed by atoms with Crippen LogP contribution >= 0.6 is 0 Å². The first-order valence-electron chi connectivity index (χ1n) is 5.59. The van der Waals surface area contributed by atoms with Gasteiger partial charge < -0.3 is 5.32 Å². The third kappa shape index (κ3) is 2.09. The Bertz CT molecular complexity index is 246. The second kappa shape index (κ2) is 5.04. The maximum Gasteiger partial charge on any atom is 0.0209 e. The van der Waals surface area contributed by atoms with E-state index in [1.807, 2.05) is 12.3 Å². The van der Waals surface area contributed by atoms with Gasteiger partial charge in [-0.15, -0.1) is 0 Å². The summed E-state index contributed by atoms with van der Waals surface area (Å²) in [4.78, 5) is 0. The summed E-state index contributed by atoms with van der Waals surface area (Å²) in [7, 11) is 0. The standard InChI is InChI=1S/C13H21N/c1-4-13(5-2,6-3)12-10-8-7-9-11-14-12/h7-11,14H,4-6H2,1-3H3. The summed E-state index contributed by atoms with van der Waals surface area (Å²) in [6.07, 6.45) is 14.0. The van der Waals surface area contributed by atoms with Crippen molar-refractivity contribution in [3.63, 3.8) is 0 Å². The van der Waals surface area contributed by atoms with Crippen LogP contribution in [0.5, 0.6) is 0 Å². The van der Waals surface area contributed by atoms with Crippen LogP contribution in [0.4, 0.5) is 0 Å². The van der Waals surface area contributed by atoms with Gasteiger partial charge in [-0.2, -0.15) is 0 Å². The Morgan fingerprint density at radius 3 is 2.21 bits per heavy atom. The van der Waals surface area contributed by atoms with Crippen LogP contribution in [0.1, 0.15) is 40.0 Å². The molecule has 0 aromatic rings. The van der Waals surface area contributed by atoms with Crippen molar-refractivity contribution in [3.8, 4) is 0 Å². The van der Waals surface area contributed by atoms with Crippen LogP contribution in [-0.2, 0) is 0 Å². The van der Waals surface area contributed by atoms with E-state index in [-0.39, 0.29) is 0 Å². The summed E-state index contributed by atoms with van der Waals surface area (Å²) in [5, 5.41) is 3.39. The quantitative estimate of drug-likeness (QED) is 0.713. The SMILES string of the molecule is CCC(CC)(CC)C1=CC=CC=CN1. The summed E-state index contributed by atoms with van der Waals surface area (Å²) in [5.74, 6) is 0. The Labute approximate surface area is 87.6 Å². The molecule has 0 bridgehead atoms. The van der Waals surface area contributed by atoms with Crippen molar-refractivity contribution in [2.45, 2.75) is 40.0 Å². The van der Waals surface area contributed by atoms with Gasteiger partial charge in [-0.25, -0.2) is 0 Å². The van der Waals surface area contributed by atoms with Crippen LogP contribution in [0.3, 0.4) is 0 Å². The number of nitrogens with one attached hydrogen (secondary N) is 1. The fourth-order valence-corrected chi connectivity index (χ4v) is 2.11. The van der Waals surface area contributed by atoms with E-state index in [0.29, 0.717) is 5.41 Å². The molecular formula is C13H21N. The first kappa shape index (κ1) is 11.1. The van der Waals surface area contributed by atoms with E-state index in [2.05, 4.69) is 44.3 Å². The van der Waals surface area contributed by atoms with E-state index in [1.165, 1.54) is 25.0 Å². The molecule has 1 aliphatic rings. The minimum absolute atomic E-state index is 0.332. The highest BCUT2D eigenvalue weighted by Gasteiger charge is 2.28. The van der Waals surface area contributed by atoms with Gasteiger partial charge >= 0.3 is 0 Å². The lowest BCUT2D eigenvalue weighted by Gasteiger charge is -2.33. The number of rotatable bonds is 4. The highest BCUT2D eigenvalue weighted by molar-refractivity contribution is 5.25. The van der Waals surface area contributed by atoms with E-state index < -0.39 is 0 Å². The molecule has 0 saturated heterocycles. The van der Waals surface area contributed by atoms with Crippen molar-refractivity contribution in [3.05, 3.63) is 36.2 Å². The van der Waals surface area contributed by atoms with Crippen LogP contribution in [-0.4, -0.2) is 0 Å². The van der Waals surface area contributed by atoms with Gasteiger partial charge in [-0.1, -0.05) is 32.9 Å². The lowest BCUT2D eigenvalue weighted by Crippen LogP contribution is -2.27. The molecule has 0 spiro atoms. The van der Waals surface area contributed by atoms with Gasteiger partial charge in [-0.3, -0.25) is 0 Å². The number of hydrogen-bond donors (Lipinski definition) is 1. The summed E-state index contributed by atoms with van der Waals surface area (Å²) >= 11 is 0. The maximum absolute atomic E-state index is 3.39. The third-order valence-electron chi connectivity index (χ3n) is 3.42. The minimum Gasteiger partial charge on any atom is -0.365 e. The molecule has 1 heterocycles. The van der Waals surface area contributed by atoms with Gasteiger partial charge in [0.25, 0.3) is 0 Å². The lowest BCUT2D eigenvalue weighted by molar-refractivity contribution is 0.301. The number of allylic oxidation sites excluding steroid dienone is 5. The minimum atomic E-state index is 0.332.